The number of sulfonamides is 1. The maximum Gasteiger partial charge on any atom is 0.228 e. The average molecular weight is 308 g/mol. The quantitative estimate of drug-likeness (QED) is 0.649. The molecule has 0 amide bonds. The molecule has 8 heteroatoms. The van der Waals surface area contributed by atoms with Crippen LogP contribution in [0, 0.1) is 0 Å². The van der Waals surface area contributed by atoms with E-state index in [2.05, 4.69) is 15.9 Å². The highest BCUT2D eigenvalue weighted by atomic mass is 79.9. The summed E-state index contributed by atoms with van der Waals surface area (Å²) >= 11 is 3.17. The van der Waals surface area contributed by atoms with Crippen LogP contribution in [0.15, 0.2) is 0 Å². The highest BCUT2D eigenvalue weighted by molar-refractivity contribution is 9.09. The van der Waals surface area contributed by atoms with Gasteiger partial charge in [-0.1, -0.05) is 15.9 Å². The molecule has 0 aliphatic heterocycles. The van der Waals surface area contributed by atoms with E-state index in [1.165, 1.54) is 7.05 Å². The van der Waals surface area contributed by atoms with Crippen LogP contribution in [0.5, 0.6) is 0 Å². The number of sulfone groups is 1. The minimum Gasteiger partial charge on any atom is -0.228 e. The van der Waals surface area contributed by atoms with Gasteiger partial charge in [0.1, 0.15) is 0 Å². The topological polar surface area (TPSA) is 71.5 Å². The van der Waals surface area contributed by atoms with E-state index in [0.717, 1.165) is 10.6 Å². The molecule has 86 valence electrons. The number of hydrogen-bond acceptors (Lipinski definition) is 4. The molecule has 0 aromatic carbocycles. The zero-order valence-electron chi connectivity index (χ0n) is 8.10. The second kappa shape index (κ2) is 5.43. The Morgan fingerprint density at radius 1 is 1.21 bits per heavy atom. The van der Waals surface area contributed by atoms with Crippen LogP contribution in [0.1, 0.15) is 6.42 Å². The van der Waals surface area contributed by atoms with Crippen LogP contribution in [0.4, 0.5) is 0 Å². The molecule has 0 rings (SSSR count). The lowest BCUT2D eigenvalue weighted by Gasteiger charge is -2.15. The van der Waals surface area contributed by atoms with Crippen LogP contribution >= 0.6 is 15.9 Å². The molecule has 0 aliphatic rings. The summed E-state index contributed by atoms with van der Waals surface area (Å²) in [5, 5.41) is -0.134. The molecule has 0 spiro atoms. The first-order valence-electron chi connectivity index (χ1n) is 3.87. The molecular weight excluding hydrogens is 294 g/mol. The van der Waals surface area contributed by atoms with Crippen LogP contribution < -0.4 is 0 Å². The largest absolute Gasteiger partial charge is 0.228 e. The summed E-state index contributed by atoms with van der Waals surface area (Å²) in [5.41, 5.74) is 0. The fourth-order valence-electron chi connectivity index (χ4n) is 0.782. The van der Waals surface area contributed by atoms with Crippen molar-refractivity contribution in [3.8, 4) is 0 Å². The highest BCUT2D eigenvalue weighted by Crippen LogP contribution is 2.03. The van der Waals surface area contributed by atoms with Gasteiger partial charge in [-0.25, -0.2) is 21.1 Å². The van der Waals surface area contributed by atoms with Gasteiger partial charge in [0.15, 0.2) is 14.9 Å². The Balaban J connectivity index is 4.48. The normalized spacial score (nSPS) is 13.4. The summed E-state index contributed by atoms with van der Waals surface area (Å²) in [6.45, 7) is 0.323. The molecule has 0 aromatic rings. The molecule has 0 saturated heterocycles. The molecule has 0 aromatic heterocycles. The number of hydrogen-bond donors (Lipinski definition) is 0. The van der Waals surface area contributed by atoms with E-state index < -0.39 is 24.9 Å². The minimum absolute atomic E-state index is 0.323. The number of alkyl halides is 1. The van der Waals surface area contributed by atoms with Crippen molar-refractivity contribution in [2.75, 3.05) is 30.3 Å². The van der Waals surface area contributed by atoms with E-state index in [9.17, 15) is 16.8 Å². The molecule has 0 atom stereocenters. The summed E-state index contributed by atoms with van der Waals surface area (Å²) in [7, 11) is -5.78. The van der Waals surface area contributed by atoms with Crippen molar-refractivity contribution in [2.24, 2.45) is 0 Å². The second-order valence-corrected chi connectivity index (χ2v) is 8.39. The predicted octanol–water partition coefficient (Wildman–Crippen LogP) is 0.0351. The Morgan fingerprint density at radius 3 is 2.07 bits per heavy atom. The van der Waals surface area contributed by atoms with Crippen molar-refractivity contribution in [3.05, 3.63) is 0 Å². The maximum atomic E-state index is 11.4. The predicted molar refractivity (Wildman–Crippen MR) is 59.7 cm³/mol. The van der Waals surface area contributed by atoms with E-state index in [1.807, 2.05) is 0 Å². The van der Waals surface area contributed by atoms with E-state index in [-0.39, 0.29) is 0 Å². The summed E-state index contributed by atoms with van der Waals surface area (Å²) < 4.78 is 45.5. The van der Waals surface area contributed by atoms with Gasteiger partial charge in [-0.2, -0.15) is 0 Å². The van der Waals surface area contributed by atoms with Crippen molar-refractivity contribution in [3.63, 3.8) is 0 Å². The van der Waals surface area contributed by atoms with Crippen molar-refractivity contribution in [1.29, 1.82) is 0 Å². The highest BCUT2D eigenvalue weighted by Gasteiger charge is 2.22. The van der Waals surface area contributed by atoms with E-state index in [4.69, 9.17) is 0 Å². The average Bonchev–Trinajstić information content (AvgIpc) is 1.95. The summed E-state index contributed by atoms with van der Waals surface area (Å²) in [6, 6.07) is 0. The third kappa shape index (κ3) is 5.94. The fraction of sp³-hybridized carbons (Fsp3) is 1.00. The first-order chi connectivity index (χ1) is 6.19. The van der Waals surface area contributed by atoms with Crippen molar-refractivity contribution < 1.29 is 16.8 Å². The SMILES string of the molecule is CN(CCCBr)S(=O)(=O)CS(C)(=O)=O. The molecule has 0 saturated carbocycles. The van der Waals surface area contributed by atoms with Gasteiger partial charge in [0.05, 0.1) is 0 Å². The van der Waals surface area contributed by atoms with Crippen LogP contribution in [0.3, 0.4) is 0 Å². The Bertz CT molecular complexity index is 361. The Hall–Kier alpha value is 0.340. The molecule has 0 radical (unpaired) electrons. The summed E-state index contributed by atoms with van der Waals surface area (Å²) in [6.07, 6.45) is 1.56. The van der Waals surface area contributed by atoms with E-state index in [0.29, 0.717) is 18.3 Å². The fourth-order valence-corrected chi connectivity index (χ4v) is 4.32. The molecule has 0 aliphatic carbocycles. The molecule has 0 heterocycles. The van der Waals surface area contributed by atoms with E-state index >= 15 is 0 Å². The molecular formula is C6H14BrNO4S2. The van der Waals surface area contributed by atoms with Gasteiger partial charge >= 0.3 is 0 Å². The summed E-state index contributed by atoms with van der Waals surface area (Å²) in [5.74, 6) is 0. The Kier molecular flexibility index (Phi) is 5.56. The van der Waals surface area contributed by atoms with Crippen molar-refractivity contribution >= 4 is 35.8 Å². The summed E-state index contributed by atoms with van der Waals surface area (Å²) in [4.78, 5) is 0. The zero-order valence-corrected chi connectivity index (χ0v) is 11.3. The molecule has 14 heavy (non-hydrogen) atoms. The van der Waals surface area contributed by atoms with Gasteiger partial charge in [0, 0.05) is 25.2 Å². The minimum atomic E-state index is -3.67. The van der Waals surface area contributed by atoms with E-state index in [1.54, 1.807) is 0 Å². The second-order valence-electron chi connectivity index (χ2n) is 3.02. The number of nitrogens with zero attached hydrogens (tertiary/aromatic N) is 1. The van der Waals surface area contributed by atoms with Gasteiger partial charge in [-0.3, -0.25) is 0 Å². The number of rotatable bonds is 6. The first-order valence-corrected chi connectivity index (χ1v) is 8.66. The maximum absolute atomic E-state index is 11.4. The molecule has 0 fully saturated rings. The van der Waals surface area contributed by atoms with Crippen LogP contribution in [0.25, 0.3) is 0 Å². The zero-order chi connectivity index (χ0) is 11.4. The molecule has 0 N–H and O–H groups in total. The Morgan fingerprint density at radius 2 is 1.71 bits per heavy atom. The standard InChI is InChI=1S/C6H14BrNO4S2/c1-8(5-3-4-7)14(11,12)6-13(2,9)10/h3-6H2,1-2H3. The van der Waals surface area contributed by atoms with Gasteiger partial charge in [0.25, 0.3) is 0 Å². The van der Waals surface area contributed by atoms with Crippen LogP contribution in [0.2, 0.25) is 0 Å². The van der Waals surface area contributed by atoms with Gasteiger partial charge in [-0.15, -0.1) is 0 Å². The van der Waals surface area contributed by atoms with Crippen LogP contribution in [-0.2, 0) is 19.9 Å². The van der Waals surface area contributed by atoms with Crippen molar-refractivity contribution in [2.45, 2.75) is 6.42 Å². The third-order valence-electron chi connectivity index (χ3n) is 1.44. The Labute approximate surface area is 93.6 Å². The molecule has 5 nitrogen and oxygen atoms in total. The lowest BCUT2D eigenvalue weighted by molar-refractivity contribution is 0.473. The smallest absolute Gasteiger partial charge is 0.228 e. The monoisotopic (exact) mass is 307 g/mol. The van der Waals surface area contributed by atoms with Gasteiger partial charge in [-0.05, 0) is 6.42 Å². The number of halogens is 1. The third-order valence-corrected chi connectivity index (χ3v) is 6.04. The lowest BCUT2D eigenvalue weighted by Crippen LogP contribution is -2.32. The van der Waals surface area contributed by atoms with Gasteiger partial charge in [0.2, 0.25) is 10.0 Å². The van der Waals surface area contributed by atoms with Crippen molar-refractivity contribution in [1.82, 2.24) is 4.31 Å². The molecule has 0 unspecified atom stereocenters. The molecule has 0 bridgehead atoms. The van der Waals surface area contributed by atoms with Crippen LogP contribution in [-0.4, -0.2) is 51.4 Å². The van der Waals surface area contributed by atoms with Gasteiger partial charge < -0.3 is 0 Å². The lowest BCUT2D eigenvalue weighted by atomic mass is 10.5. The first kappa shape index (κ1) is 14.3.